The molecule has 1 heterocycles. The van der Waals surface area contributed by atoms with Crippen molar-refractivity contribution in [3.05, 3.63) is 58.9 Å². The Morgan fingerprint density at radius 2 is 1.93 bits per heavy atom. The maximum atomic E-state index is 12.6. The quantitative estimate of drug-likeness (QED) is 0.455. The van der Waals surface area contributed by atoms with Crippen LogP contribution in [0, 0.1) is 10.1 Å². The molecule has 0 saturated heterocycles. The molecule has 3 aromatic rings. The molecule has 28 heavy (non-hydrogen) atoms. The Balaban J connectivity index is 1.80. The first-order valence-electron chi connectivity index (χ1n) is 7.77. The Labute approximate surface area is 164 Å². The number of hydrogen-bond donors (Lipinski definition) is 1. The van der Waals surface area contributed by atoms with Crippen LogP contribution < -0.4 is 9.46 Å². The van der Waals surface area contributed by atoms with Crippen molar-refractivity contribution in [3.8, 4) is 5.75 Å². The molecule has 0 radical (unpaired) electrons. The van der Waals surface area contributed by atoms with Gasteiger partial charge in [0.15, 0.2) is 10.9 Å². The van der Waals surface area contributed by atoms with E-state index in [9.17, 15) is 18.5 Å². The van der Waals surface area contributed by atoms with Crippen LogP contribution in [0.25, 0.3) is 0 Å². The van der Waals surface area contributed by atoms with Crippen molar-refractivity contribution in [2.45, 2.75) is 14.9 Å². The van der Waals surface area contributed by atoms with Crippen LogP contribution in [0.4, 0.5) is 11.4 Å². The van der Waals surface area contributed by atoms with E-state index in [0.29, 0.717) is 10.8 Å². The molecule has 3 rings (SSSR count). The van der Waals surface area contributed by atoms with Crippen LogP contribution in [-0.2, 0) is 17.1 Å². The molecular formula is C16H15N5O5S2. The fourth-order valence-electron chi connectivity index (χ4n) is 2.26. The number of aromatic nitrogens is 3. The van der Waals surface area contributed by atoms with Crippen molar-refractivity contribution >= 4 is 33.2 Å². The number of nitrogens with zero attached hydrogens (tertiary/aromatic N) is 4. The largest absolute Gasteiger partial charge is 0.490 e. The number of nitro benzene ring substituents is 1. The molecule has 1 N–H and O–H groups in total. The second kappa shape index (κ2) is 7.86. The number of sulfonamides is 1. The topological polar surface area (TPSA) is 129 Å². The lowest BCUT2D eigenvalue weighted by Crippen LogP contribution is -2.13. The van der Waals surface area contributed by atoms with Crippen molar-refractivity contribution in [2.24, 2.45) is 7.05 Å². The van der Waals surface area contributed by atoms with Crippen LogP contribution in [0.15, 0.2) is 63.7 Å². The van der Waals surface area contributed by atoms with Crippen molar-refractivity contribution in [1.82, 2.24) is 14.8 Å². The van der Waals surface area contributed by atoms with E-state index >= 15 is 0 Å². The van der Waals surface area contributed by atoms with Crippen LogP contribution in [-0.4, -0.2) is 35.2 Å². The summed E-state index contributed by atoms with van der Waals surface area (Å²) in [5.41, 5.74) is -0.110. The van der Waals surface area contributed by atoms with E-state index < -0.39 is 20.6 Å². The third kappa shape index (κ3) is 4.23. The molecule has 0 unspecified atom stereocenters. The molecule has 12 heteroatoms. The van der Waals surface area contributed by atoms with Gasteiger partial charge in [-0.05, 0) is 48.2 Å². The number of ether oxygens (including phenoxy) is 1. The van der Waals surface area contributed by atoms with Crippen molar-refractivity contribution < 1.29 is 18.1 Å². The average molecular weight is 421 g/mol. The smallest absolute Gasteiger partial charge is 0.312 e. The van der Waals surface area contributed by atoms with Gasteiger partial charge >= 0.3 is 5.69 Å². The fraction of sp³-hybridized carbons (Fsp3) is 0.125. The Kier molecular flexibility index (Phi) is 5.51. The molecule has 146 valence electrons. The molecule has 0 bridgehead atoms. The summed E-state index contributed by atoms with van der Waals surface area (Å²) in [5, 5.41) is 19.6. The second-order valence-corrected chi connectivity index (χ2v) is 8.27. The SMILES string of the molecule is COc1ccc(S(=O)(=O)Nc2ccc(Sc3nncn3C)cc2)cc1[N+](=O)[O-]. The third-order valence-corrected chi connectivity index (χ3v) is 6.08. The van der Waals surface area contributed by atoms with Crippen molar-refractivity contribution in [2.75, 3.05) is 11.8 Å². The van der Waals surface area contributed by atoms with Crippen molar-refractivity contribution in [3.63, 3.8) is 0 Å². The van der Waals surface area contributed by atoms with E-state index in [0.717, 1.165) is 11.0 Å². The minimum Gasteiger partial charge on any atom is -0.490 e. The van der Waals surface area contributed by atoms with Gasteiger partial charge in [-0.3, -0.25) is 14.8 Å². The van der Waals surface area contributed by atoms with Gasteiger partial charge < -0.3 is 9.30 Å². The highest BCUT2D eigenvalue weighted by molar-refractivity contribution is 7.99. The number of aryl methyl sites for hydroxylation is 1. The van der Waals surface area contributed by atoms with Crippen molar-refractivity contribution in [1.29, 1.82) is 0 Å². The van der Waals surface area contributed by atoms with E-state index in [1.807, 2.05) is 7.05 Å². The van der Waals surface area contributed by atoms with Gasteiger partial charge in [0.25, 0.3) is 10.0 Å². The number of hydrogen-bond acceptors (Lipinski definition) is 8. The minimum atomic E-state index is -4.01. The maximum Gasteiger partial charge on any atom is 0.312 e. The highest BCUT2D eigenvalue weighted by atomic mass is 32.2. The molecule has 0 spiro atoms. The van der Waals surface area contributed by atoms with Gasteiger partial charge in [0.1, 0.15) is 6.33 Å². The van der Waals surface area contributed by atoms with Crippen LogP contribution >= 0.6 is 11.8 Å². The van der Waals surface area contributed by atoms with E-state index in [1.54, 1.807) is 35.2 Å². The summed E-state index contributed by atoms with van der Waals surface area (Å²) >= 11 is 1.38. The van der Waals surface area contributed by atoms with Crippen LogP contribution in [0.3, 0.4) is 0 Å². The zero-order valence-corrected chi connectivity index (χ0v) is 16.4. The Hall–Kier alpha value is -3.12. The molecule has 2 aromatic carbocycles. The number of anilines is 1. The van der Waals surface area contributed by atoms with E-state index in [-0.39, 0.29) is 10.6 Å². The minimum absolute atomic E-state index is 0.0193. The van der Waals surface area contributed by atoms with E-state index in [4.69, 9.17) is 4.74 Å². The fourth-order valence-corrected chi connectivity index (χ4v) is 4.10. The van der Waals surface area contributed by atoms with Gasteiger partial charge in [-0.1, -0.05) is 0 Å². The molecule has 0 fully saturated rings. The standard InChI is InChI=1S/C16H15N5O5S2/c1-20-10-17-18-16(20)27-12-5-3-11(4-6-12)19-28(24,25)13-7-8-15(26-2)14(9-13)21(22)23/h3-10,19H,1-2H3. The van der Waals surface area contributed by atoms with Gasteiger partial charge in [-0.25, -0.2) is 8.42 Å². The van der Waals surface area contributed by atoms with Crippen LogP contribution in [0.1, 0.15) is 0 Å². The zero-order chi connectivity index (χ0) is 20.3. The highest BCUT2D eigenvalue weighted by Crippen LogP contribution is 2.31. The van der Waals surface area contributed by atoms with Crippen LogP contribution in [0.5, 0.6) is 5.75 Å². The summed E-state index contributed by atoms with van der Waals surface area (Å²) in [6.45, 7) is 0. The van der Waals surface area contributed by atoms with Gasteiger partial charge in [0.2, 0.25) is 0 Å². The Morgan fingerprint density at radius 1 is 1.21 bits per heavy atom. The maximum absolute atomic E-state index is 12.6. The highest BCUT2D eigenvalue weighted by Gasteiger charge is 2.22. The monoisotopic (exact) mass is 421 g/mol. The Morgan fingerprint density at radius 3 is 2.50 bits per heavy atom. The lowest BCUT2D eigenvalue weighted by Gasteiger charge is -2.10. The molecule has 10 nitrogen and oxygen atoms in total. The van der Waals surface area contributed by atoms with Gasteiger partial charge in [-0.2, -0.15) is 0 Å². The molecule has 0 aliphatic rings. The summed E-state index contributed by atoms with van der Waals surface area (Å²) < 4.78 is 34.2. The molecule has 0 saturated carbocycles. The molecule has 0 atom stereocenters. The predicted octanol–water partition coefficient (Wildman–Crippen LogP) is 2.68. The summed E-state index contributed by atoms with van der Waals surface area (Å²) in [7, 11) is -0.916. The molecule has 0 amide bonds. The number of nitro groups is 1. The Bertz CT molecular complexity index is 1110. The summed E-state index contributed by atoms with van der Waals surface area (Å²) in [4.78, 5) is 11.0. The lowest BCUT2D eigenvalue weighted by atomic mass is 10.3. The van der Waals surface area contributed by atoms with Gasteiger partial charge in [0, 0.05) is 23.7 Å². The third-order valence-electron chi connectivity index (χ3n) is 3.64. The first-order chi connectivity index (χ1) is 13.3. The van der Waals surface area contributed by atoms with E-state index in [2.05, 4.69) is 14.9 Å². The molecular weight excluding hydrogens is 406 g/mol. The van der Waals surface area contributed by atoms with Gasteiger partial charge in [-0.15, -0.1) is 10.2 Å². The normalized spacial score (nSPS) is 11.2. The molecule has 0 aliphatic heterocycles. The summed E-state index contributed by atoms with van der Waals surface area (Å²) in [6, 6.07) is 10.1. The number of benzene rings is 2. The molecule has 1 aromatic heterocycles. The molecule has 0 aliphatic carbocycles. The van der Waals surface area contributed by atoms with E-state index in [1.165, 1.54) is 31.0 Å². The predicted molar refractivity (Wildman–Crippen MR) is 102 cm³/mol. The zero-order valence-electron chi connectivity index (χ0n) is 14.8. The summed E-state index contributed by atoms with van der Waals surface area (Å²) in [6.07, 6.45) is 1.58. The number of rotatable bonds is 7. The van der Waals surface area contributed by atoms with Crippen LogP contribution in [0.2, 0.25) is 0 Å². The lowest BCUT2D eigenvalue weighted by molar-refractivity contribution is -0.386. The summed E-state index contributed by atoms with van der Waals surface area (Å²) in [5.74, 6) is -0.0193. The first-order valence-corrected chi connectivity index (χ1v) is 10.1. The first kappa shape index (κ1) is 19.6. The second-order valence-electron chi connectivity index (χ2n) is 5.55. The average Bonchev–Trinajstić information content (AvgIpc) is 3.07. The number of methoxy groups -OCH3 is 1. The number of nitrogens with one attached hydrogen (secondary N) is 1. The van der Waals surface area contributed by atoms with Gasteiger partial charge in [0.05, 0.1) is 16.9 Å².